The van der Waals surface area contributed by atoms with Crippen molar-refractivity contribution in [2.45, 2.75) is 18.2 Å². The van der Waals surface area contributed by atoms with Gasteiger partial charge in [-0.1, -0.05) is 36.2 Å². The number of hydrogen-bond acceptors (Lipinski definition) is 5. The zero-order valence-electron chi connectivity index (χ0n) is 15.0. The lowest BCUT2D eigenvalue weighted by molar-refractivity contribution is 0.0977. The van der Waals surface area contributed by atoms with Gasteiger partial charge in [-0.15, -0.1) is 0 Å². The van der Waals surface area contributed by atoms with Crippen molar-refractivity contribution in [2.75, 3.05) is 0 Å². The van der Waals surface area contributed by atoms with Crippen molar-refractivity contribution in [2.24, 2.45) is 7.05 Å². The number of nitrogens with one attached hydrogen (secondary N) is 1. The van der Waals surface area contributed by atoms with Gasteiger partial charge >= 0.3 is 0 Å². The Morgan fingerprint density at radius 2 is 2.00 bits per heavy atom. The molecule has 3 rings (SSSR count). The van der Waals surface area contributed by atoms with E-state index in [1.165, 1.54) is 12.3 Å². The third-order valence-electron chi connectivity index (χ3n) is 4.01. The summed E-state index contributed by atoms with van der Waals surface area (Å²) in [4.78, 5) is 20.9. The number of pyridine rings is 1. The first kappa shape index (κ1) is 20.3. The van der Waals surface area contributed by atoms with Crippen LogP contribution < -0.4 is 4.72 Å². The minimum Gasteiger partial charge on any atom is -0.332 e. The van der Waals surface area contributed by atoms with Crippen LogP contribution in [-0.4, -0.2) is 28.9 Å². The van der Waals surface area contributed by atoms with E-state index >= 15 is 0 Å². The molecule has 1 N–H and O–H groups in total. The smallest absolute Gasteiger partial charge is 0.285 e. The number of carbonyl (C=O) groups is 1. The Labute approximate surface area is 172 Å². The number of carbonyl (C=O) groups excluding carboxylic acids is 1. The summed E-state index contributed by atoms with van der Waals surface area (Å²) < 4.78 is 29.0. The Hall–Kier alpha value is -2.42. The van der Waals surface area contributed by atoms with Crippen molar-refractivity contribution in [1.82, 2.24) is 19.3 Å². The van der Waals surface area contributed by atoms with Gasteiger partial charge in [-0.05, 0) is 36.2 Å². The molecule has 0 bridgehead atoms. The minimum absolute atomic E-state index is 0.0419. The molecule has 0 aliphatic carbocycles. The van der Waals surface area contributed by atoms with E-state index in [-0.39, 0.29) is 15.6 Å². The van der Waals surface area contributed by atoms with E-state index in [4.69, 9.17) is 23.2 Å². The lowest BCUT2D eigenvalue weighted by Crippen LogP contribution is -2.31. The predicted octanol–water partition coefficient (Wildman–Crippen LogP) is 3.47. The maximum absolute atomic E-state index is 12.7. The number of benzene rings is 1. The van der Waals surface area contributed by atoms with Gasteiger partial charge in [0.2, 0.25) is 0 Å². The Morgan fingerprint density at radius 1 is 1.25 bits per heavy atom. The second-order valence-corrected chi connectivity index (χ2v) is 8.43. The Morgan fingerprint density at radius 3 is 2.68 bits per heavy atom. The van der Waals surface area contributed by atoms with E-state index in [9.17, 15) is 13.2 Å². The van der Waals surface area contributed by atoms with Crippen LogP contribution in [0.25, 0.3) is 11.5 Å². The van der Waals surface area contributed by atoms with Crippen molar-refractivity contribution in [3.63, 3.8) is 0 Å². The first-order chi connectivity index (χ1) is 13.2. The molecule has 0 aliphatic rings. The summed E-state index contributed by atoms with van der Waals surface area (Å²) in [6, 6.07) is 7.85. The van der Waals surface area contributed by atoms with Crippen LogP contribution in [0.1, 0.15) is 23.0 Å². The van der Waals surface area contributed by atoms with Gasteiger partial charge in [-0.3, -0.25) is 9.78 Å². The van der Waals surface area contributed by atoms with Crippen molar-refractivity contribution in [3.8, 4) is 11.5 Å². The standard InChI is InChI=1S/C18H16Cl2N4O3S/c1-3-11-6-7-12(19)9-15(11)28(26,27)23-18(25)14-10-24(2)17(22-14)16-13(20)5-4-8-21-16/h4-10H,3H2,1-2H3,(H,23,25). The molecule has 1 amide bonds. The molecule has 0 atom stereocenters. The number of aryl methyl sites for hydroxylation is 2. The highest BCUT2D eigenvalue weighted by atomic mass is 35.5. The number of hydrogen-bond donors (Lipinski definition) is 1. The summed E-state index contributed by atoms with van der Waals surface area (Å²) >= 11 is 12.1. The third-order valence-corrected chi connectivity index (χ3v) is 5.96. The zero-order chi connectivity index (χ0) is 20.5. The van der Waals surface area contributed by atoms with Gasteiger partial charge in [0.05, 0.1) is 9.92 Å². The molecule has 0 unspecified atom stereocenters. The number of rotatable bonds is 5. The van der Waals surface area contributed by atoms with Crippen LogP contribution in [0.15, 0.2) is 47.6 Å². The monoisotopic (exact) mass is 438 g/mol. The molecule has 3 aromatic rings. The molecular weight excluding hydrogens is 423 g/mol. The number of halogens is 2. The number of aromatic nitrogens is 3. The van der Waals surface area contributed by atoms with Gasteiger partial charge in [0.1, 0.15) is 11.4 Å². The highest BCUT2D eigenvalue weighted by Gasteiger charge is 2.24. The Balaban J connectivity index is 1.93. The summed E-state index contributed by atoms with van der Waals surface area (Å²) in [7, 11) is -2.47. The van der Waals surface area contributed by atoms with Crippen LogP contribution in [0, 0.1) is 0 Å². The van der Waals surface area contributed by atoms with E-state index in [0.717, 1.165) is 0 Å². The maximum atomic E-state index is 12.7. The van der Waals surface area contributed by atoms with Crippen molar-refractivity contribution in [3.05, 3.63) is 64.0 Å². The first-order valence-corrected chi connectivity index (χ1v) is 10.5. The largest absolute Gasteiger partial charge is 0.332 e. The molecule has 2 aromatic heterocycles. The molecule has 7 nitrogen and oxygen atoms in total. The molecule has 10 heteroatoms. The minimum atomic E-state index is -4.12. The fourth-order valence-electron chi connectivity index (χ4n) is 2.65. The number of sulfonamides is 1. The Bertz CT molecular complexity index is 1160. The van der Waals surface area contributed by atoms with Crippen LogP contribution >= 0.6 is 23.2 Å². The van der Waals surface area contributed by atoms with Crippen molar-refractivity contribution in [1.29, 1.82) is 0 Å². The lowest BCUT2D eigenvalue weighted by Gasteiger charge is -2.10. The van der Waals surface area contributed by atoms with Crippen LogP contribution in [0.4, 0.5) is 0 Å². The topological polar surface area (TPSA) is 94.0 Å². The molecule has 0 saturated heterocycles. The lowest BCUT2D eigenvalue weighted by atomic mass is 10.2. The Kier molecular flexibility index (Phi) is 5.74. The first-order valence-electron chi connectivity index (χ1n) is 8.22. The molecule has 0 saturated carbocycles. The van der Waals surface area contributed by atoms with E-state index in [1.54, 1.807) is 42.1 Å². The number of amides is 1. The predicted molar refractivity (Wildman–Crippen MR) is 107 cm³/mol. The molecule has 0 radical (unpaired) electrons. The molecular formula is C18H16Cl2N4O3S. The molecule has 0 aliphatic heterocycles. The zero-order valence-corrected chi connectivity index (χ0v) is 17.3. The SMILES string of the molecule is CCc1ccc(Cl)cc1S(=O)(=O)NC(=O)c1cn(C)c(-c2ncccc2Cl)n1. The van der Waals surface area contributed by atoms with Gasteiger partial charge < -0.3 is 4.57 Å². The van der Waals surface area contributed by atoms with Crippen LogP contribution in [-0.2, 0) is 23.5 Å². The normalized spacial score (nSPS) is 11.4. The number of imidazole rings is 1. The van der Waals surface area contributed by atoms with E-state index in [2.05, 4.69) is 9.97 Å². The molecule has 0 fully saturated rings. The average Bonchev–Trinajstić information content (AvgIpc) is 3.03. The van der Waals surface area contributed by atoms with E-state index in [0.29, 0.717) is 28.5 Å². The van der Waals surface area contributed by atoms with Crippen LogP contribution in [0.3, 0.4) is 0 Å². The van der Waals surface area contributed by atoms with E-state index in [1.807, 2.05) is 11.6 Å². The summed E-state index contributed by atoms with van der Waals surface area (Å²) in [6.45, 7) is 1.81. The van der Waals surface area contributed by atoms with Gasteiger partial charge in [-0.2, -0.15) is 0 Å². The fourth-order valence-corrected chi connectivity index (χ4v) is 4.39. The quantitative estimate of drug-likeness (QED) is 0.657. The van der Waals surface area contributed by atoms with Gasteiger partial charge in [0.15, 0.2) is 5.82 Å². The van der Waals surface area contributed by atoms with Crippen LogP contribution in [0.2, 0.25) is 10.0 Å². The van der Waals surface area contributed by atoms with Gasteiger partial charge in [-0.25, -0.2) is 18.1 Å². The summed E-state index contributed by atoms with van der Waals surface area (Å²) in [6.07, 6.45) is 3.42. The molecule has 2 heterocycles. The highest BCUT2D eigenvalue weighted by molar-refractivity contribution is 7.90. The summed E-state index contributed by atoms with van der Waals surface area (Å²) in [5, 5.41) is 0.622. The van der Waals surface area contributed by atoms with Gasteiger partial charge in [0.25, 0.3) is 15.9 Å². The summed E-state index contributed by atoms with van der Waals surface area (Å²) in [5.41, 5.74) is 0.853. The van der Waals surface area contributed by atoms with Crippen molar-refractivity contribution < 1.29 is 13.2 Å². The highest BCUT2D eigenvalue weighted by Crippen LogP contribution is 2.25. The van der Waals surface area contributed by atoms with Gasteiger partial charge in [0, 0.05) is 24.5 Å². The maximum Gasteiger partial charge on any atom is 0.285 e. The molecule has 146 valence electrons. The fraction of sp³-hybridized carbons (Fsp3) is 0.167. The van der Waals surface area contributed by atoms with E-state index < -0.39 is 15.9 Å². The third kappa shape index (κ3) is 4.04. The molecule has 0 spiro atoms. The van der Waals surface area contributed by atoms with Crippen LogP contribution in [0.5, 0.6) is 0 Å². The summed E-state index contributed by atoms with van der Waals surface area (Å²) in [5.74, 6) is -0.527. The van der Waals surface area contributed by atoms with Crippen molar-refractivity contribution >= 4 is 39.1 Å². The second kappa shape index (κ2) is 7.90. The molecule has 1 aromatic carbocycles. The average molecular weight is 439 g/mol. The molecule has 28 heavy (non-hydrogen) atoms. The number of nitrogens with zero attached hydrogens (tertiary/aromatic N) is 3. The second-order valence-electron chi connectivity index (χ2n) is 5.93.